The molecule has 3 N–H and O–H groups in total. The van der Waals surface area contributed by atoms with Gasteiger partial charge in [-0.05, 0) is 25.1 Å². The van der Waals surface area contributed by atoms with E-state index in [0.29, 0.717) is 22.2 Å². The average Bonchev–Trinajstić information content (AvgIpc) is 2.92. The first kappa shape index (κ1) is 13.8. The van der Waals surface area contributed by atoms with Gasteiger partial charge in [-0.1, -0.05) is 11.3 Å². The number of benzene rings is 1. The van der Waals surface area contributed by atoms with Gasteiger partial charge >= 0.3 is 0 Å². The second-order valence-electron chi connectivity index (χ2n) is 4.59. The summed E-state index contributed by atoms with van der Waals surface area (Å²) in [5, 5.41) is 0.264. The van der Waals surface area contributed by atoms with Gasteiger partial charge in [0.1, 0.15) is 5.82 Å². The minimum atomic E-state index is -3.74. The van der Waals surface area contributed by atoms with Gasteiger partial charge in [0.2, 0.25) is 0 Å². The smallest absolute Gasteiger partial charge is 0.282 e. The lowest BCUT2D eigenvalue weighted by Crippen LogP contribution is -2.13. The Morgan fingerprint density at radius 2 is 2.10 bits per heavy atom. The fourth-order valence-corrected chi connectivity index (χ4v) is 4.00. The van der Waals surface area contributed by atoms with E-state index in [9.17, 15) is 8.42 Å². The zero-order valence-electron chi connectivity index (χ0n) is 11.4. The lowest BCUT2D eigenvalue weighted by Gasteiger charge is -2.00. The molecule has 0 aliphatic rings. The van der Waals surface area contributed by atoms with E-state index in [0.717, 1.165) is 4.70 Å². The highest BCUT2D eigenvalue weighted by atomic mass is 32.2. The van der Waals surface area contributed by atoms with Crippen LogP contribution in [0, 0.1) is 6.92 Å². The van der Waals surface area contributed by atoms with Gasteiger partial charge in [0, 0.05) is 18.9 Å². The summed E-state index contributed by atoms with van der Waals surface area (Å²) in [6, 6.07) is 5.24. The summed E-state index contributed by atoms with van der Waals surface area (Å²) < 4.78 is 29.4. The van der Waals surface area contributed by atoms with Crippen LogP contribution in [0.1, 0.15) is 5.82 Å². The van der Waals surface area contributed by atoms with Crippen LogP contribution < -0.4 is 10.5 Å². The molecule has 7 nitrogen and oxygen atoms in total. The Hall–Kier alpha value is -2.13. The molecule has 21 heavy (non-hydrogen) atoms. The molecule has 0 aliphatic carbocycles. The SMILES string of the molecule is Cc1nc(S(=O)(=O)Nc2nc3ccc(N)cc3s2)cn1C. The zero-order chi connectivity index (χ0) is 15.2. The molecular weight excluding hydrogens is 310 g/mol. The van der Waals surface area contributed by atoms with Crippen molar-refractivity contribution in [2.45, 2.75) is 11.9 Å². The molecule has 0 bridgehead atoms. The number of sulfonamides is 1. The number of nitrogens with two attached hydrogens (primary N) is 1. The zero-order valence-corrected chi connectivity index (χ0v) is 13.0. The van der Waals surface area contributed by atoms with Crippen LogP contribution in [-0.2, 0) is 17.1 Å². The third-order valence-corrected chi connectivity index (χ3v) is 5.27. The molecule has 0 unspecified atom stereocenters. The van der Waals surface area contributed by atoms with Gasteiger partial charge < -0.3 is 10.3 Å². The van der Waals surface area contributed by atoms with Gasteiger partial charge in [-0.25, -0.2) is 9.97 Å². The highest BCUT2D eigenvalue weighted by Gasteiger charge is 2.20. The number of imidazole rings is 1. The van der Waals surface area contributed by atoms with Gasteiger partial charge in [-0.3, -0.25) is 4.72 Å². The Morgan fingerprint density at radius 1 is 1.33 bits per heavy atom. The first-order chi connectivity index (χ1) is 9.85. The summed E-state index contributed by atoms with van der Waals surface area (Å²) >= 11 is 1.23. The maximum absolute atomic E-state index is 12.3. The number of aryl methyl sites for hydroxylation is 2. The quantitative estimate of drug-likeness (QED) is 0.714. The first-order valence-corrected chi connectivity index (χ1v) is 8.34. The lowest BCUT2D eigenvalue weighted by molar-refractivity contribution is 0.598. The van der Waals surface area contributed by atoms with Crippen LogP contribution in [0.25, 0.3) is 10.2 Å². The molecule has 2 aromatic heterocycles. The minimum absolute atomic E-state index is 0.0266. The van der Waals surface area contributed by atoms with E-state index in [2.05, 4.69) is 14.7 Å². The van der Waals surface area contributed by atoms with Crippen LogP contribution in [-0.4, -0.2) is 23.0 Å². The topological polar surface area (TPSA) is 103 Å². The lowest BCUT2D eigenvalue weighted by atomic mass is 10.3. The first-order valence-electron chi connectivity index (χ1n) is 6.04. The predicted molar refractivity (Wildman–Crippen MR) is 82.8 cm³/mol. The van der Waals surface area contributed by atoms with Crippen molar-refractivity contribution in [1.82, 2.24) is 14.5 Å². The molecule has 110 valence electrons. The van der Waals surface area contributed by atoms with E-state index < -0.39 is 10.0 Å². The molecule has 0 atom stereocenters. The molecule has 2 heterocycles. The summed E-state index contributed by atoms with van der Waals surface area (Å²) in [6.07, 6.45) is 1.46. The molecule has 0 aliphatic heterocycles. The average molecular weight is 323 g/mol. The molecule has 9 heteroatoms. The van der Waals surface area contributed by atoms with E-state index >= 15 is 0 Å². The van der Waals surface area contributed by atoms with Crippen molar-refractivity contribution in [2.75, 3.05) is 10.5 Å². The molecule has 0 saturated heterocycles. The summed E-state index contributed by atoms with van der Waals surface area (Å²) in [5.74, 6) is 0.618. The molecule has 0 spiro atoms. The second kappa shape index (κ2) is 4.71. The van der Waals surface area contributed by atoms with Gasteiger partial charge in [-0.15, -0.1) is 0 Å². The Kier molecular flexibility index (Phi) is 3.10. The molecule has 0 saturated carbocycles. The highest BCUT2D eigenvalue weighted by Crippen LogP contribution is 2.28. The number of hydrogen-bond donors (Lipinski definition) is 2. The van der Waals surface area contributed by atoms with Crippen LogP contribution in [0.4, 0.5) is 10.8 Å². The number of nitrogen functional groups attached to an aromatic ring is 1. The maximum atomic E-state index is 12.3. The Balaban J connectivity index is 1.97. The largest absolute Gasteiger partial charge is 0.399 e. The Labute approximate surface area is 125 Å². The van der Waals surface area contributed by atoms with Crippen molar-refractivity contribution in [1.29, 1.82) is 0 Å². The number of fused-ring (bicyclic) bond motifs is 1. The Bertz CT molecular complexity index is 907. The van der Waals surface area contributed by atoms with Crippen LogP contribution in [0.2, 0.25) is 0 Å². The number of nitrogens with zero attached hydrogens (tertiary/aromatic N) is 3. The second-order valence-corrected chi connectivity index (χ2v) is 7.25. The van der Waals surface area contributed by atoms with Gasteiger partial charge in [0.25, 0.3) is 10.0 Å². The van der Waals surface area contributed by atoms with Crippen LogP contribution >= 0.6 is 11.3 Å². The van der Waals surface area contributed by atoms with Gasteiger partial charge in [0.05, 0.1) is 10.2 Å². The number of hydrogen-bond acceptors (Lipinski definition) is 6. The molecule has 0 amide bonds. The molecule has 1 aromatic carbocycles. The van der Waals surface area contributed by atoms with E-state index in [4.69, 9.17) is 5.73 Å². The number of thiazole rings is 1. The molecule has 3 aromatic rings. The third-order valence-electron chi connectivity index (χ3n) is 3.00. The van der Waals surface area contributed by atoms with E-state index in [1.807, 2.05) is 0 Å². The normalized spacial score (nSPS) is 11.9. The van der Waals surface area contributed by atoms with Crippen molar-refractivity contribution in [3.8, 4) is 0 Å². The molecule has 0 fully saturated rings. The summed E-state index contributed by atoms with van der Waals surface area (Å²) in [4.78, 5) is 8.25. The summed E-state index contributed by atoms with van der Waals surface area (Å²) in [6.45, 7) is 1.74. The van der Waals surface area contributed by atoms with Crippen molar-refractivity contribution in [3.63, 3.8) is 0 Å². The number of nitrogens with one attached hydrogen (secondary N) is 1. The Morgan fingerprint density at radius 3 is 2.76 bits per heavy atom. The minimum Gasteiger partial charge on any atom is -0.399 e. The van der Waals surface area contributed by atoms with E-state index in [1.165, 1.54) is 17.5 Å². The predicted octanol–water partition coefficient (Wildman–Crippen LogP) is 1.72. The van der Waals surface area contributed by atoms with Crippen molar-refractivity contribution >= 4 is 42.4 Å². The maximum Gasteiger partial charge on any atom is 0.282 e. The monoisotopic (exact) mass is 323 g/mol. The number of anilines is 2. The van der Waals surface area contributed by atoms with Crippen molar-refractivity contribution < 1.29 is 8.42 Å². The molecular formula is C12H13N5O2S2. The number of rotatable bonds is 3. The van der Waals surface area contributed by atoms with Crippen LogP contribution in [0.5, 0.6) is 0 Å². The highest BCUT2D eigenvalue weighted by molar-refractivity contribution is 7.92. The number of aromatic nitrogens is 3. The van der Waals surface area contributed by atoms with Crippen molar-refractivity contribution in [3.05, 3.63) is 30.2 Å². The van der Waals surface area contributed by atoms with Gasteiger partial charge in [0.15, 0.2) is 10.2 Å². The molecule has 0 radical (unpaired) electrons. The summed E-state index contributed by atoms with van der Waals surface area (Å²) in [7, 11) is -2.00. The van der Waals surface area contributed by atoms with E-state index in [1.54, 1.807) is 36.7 Å². The van der Waals surface area contributed by atoms with Crippen LogP contribution in [0.15, 0.2) is 29.4 Å². The van der Waals surface area contributed by atoms with Crippen molar-refractivity contribution in [2.24, 2.45) is 7.05 Å². The fraction of sp³-hybridized carbons (Fsp3) is 0.167. The molecule has 3 rings (SSSR count). The summed E-state index contributed by atoms with van der Waals surface area (Å²) in [5.41, 5.74) is 7.01. The standard InChI is InChI=1S/C12H13N5O2S2/c1-7-14-11(6-17(7)2)21(18,19)16-12-15-9-4-3-8(13)5-10(9)20-12/h3-6H,13H2,1-2H3,(H,15,16). The fourth-order valence-electron chi connectivity index (χ4n) is 1.81. The van der Waals surface area contributed by atoms with Gasteiger partial charge in [-0.2, -0.15) is 8.42 Å². The third kappa shape index (κ3) is 2.57. The van der Waals surface area contributed by atoms with Crippen LogP contribution in [0.3, 0.4) is 0 Å². The van der Waals surface area contributed by atoms with E-state index in [-0.39, 0.29) is 5.03 Å².